The molecule has 0 radical (unpaired) electrons. The summed E-state index contributed by atoms with van der Waals surface area (Å²) in [5.41, 5.74) is 0. The largest absolute Gasteiger partial charge is 0.465 e. The van der Waals surface area contributed by atoms with Gasteiger partial charge in [0.15, 0.2) is 0 Å². The Bertz CT molecular complexity index is 576. The summed E-state index contributed by atoms with van der Waals surface area (Å²) in [6.07, 6.45) is 2.70. The topological polar surface area (TPSA) is 63.7 Å². The van der Waals surface area contributed by atoms with Crippen LogP contribution in [0, 0.1) is 0 Å². The van der Waals surface area contributed by atoms with Crippen LogP contribution in [0.2, 0.25) is 4.34 Å². The monoisotopic (exact) mass is 323 g/mol. The van der Waals surface area contributed by atoms with Gasteiger partial charge in [0.25, 0.3) is 0 Å². The molecule has 0 unspecified atom stereocenters. The number of esters is 1. The van der Waals surface area contributed by atoms with E-state index < -0.39 is 16.0 Å². The van der Waals surface area contributed by atoms with Crippen molar-refractivity contribution in [3.8, 4) is 0 Å². The maximum atomic E-state index is 12.5. The SMILES string of the molecule is COC(=O)c1sc(Cl)cc1S(=O)(=O)N1CCCCC1. The molecule has 1 saturated heterocycles. The molecule has 0 spiro atoms. The number of carbonyl (C=O) groups is 1. The zero-order chi connectivity index (χ0) is 14.0. The number of carbonyl (C=O) groups excluding carboxylic acids is 1. The summed E-state index contributed by atoms with van der Waals surface area (Å²) in [5, 5.41) is 0. The molecular weight excluding hydrogens is 310 g/mol. The summed E-state index contributed by atoms with van der Waals surface area (Å²) in [6, 6.07) is 1.32. The Morgan fingerprint density at radius 1 is 1.37 bits per heavy atom. The van der Waals surface area contributed by atoms with Gasteiger partial charge in [0.05, 0.1) is 11.4 Å². The van der Waals surface area contributed by atoms with Gasteiger partial charge in [-0.2, -0.15) is 4.31 Å². The highest BCUT2D eigenvalue weighted by Crippen LogP contribution is 2.33. The molecule has 0 bridgehead atoms. The normalized spacial score (nSPS) is 17.4. The van der Waals surface area contributed by atoms with Gasteiger partial charge in [-0.05, 0) is 18.9 Å². The van der Waals surface area contributed by atoms with E-state index in [9.17, 15) is 13.2 Å². The van der Waals surface area contributed by atoms with Gasteiger partial charge < -0.3 is 4.74 Å². The van der Waals surface area contributed by atoms with Crippen LogP contribution in [0.5, 0.6) is 0 Å². The number of halogens is 1. The number of hydrogen-bond donors (Lipinski definition) is 0. The molecule has 0 aliphatic carbocycles. The molecule has 1 aliphatic heterocycles. The van der Waals surface area contributed by atoms with E-state index >= 15 is 0 Å². The van der Waals surface area contributed by atoms with E-state index in [0.29, 0.717) is 13.1 Å². The van der Waals surface area contributed by atoms with E-state index in [1.807, 2.05) is 0 Å². The zero-order valence-corrected chi connectivity index (χ0v) is 12.8. The van der Waals surface area contributed by atoms with E-state index in [4.69, 9.17) is 11.6 Å². The summed E-state index contributed by atoms with van der Waals surface area (Å²) in [6.45, 7) is 0.965. The van der Waals surface area contributed by atoms with Crippen molar-refractivity contribution in [3.63, 3.8) is 0 Å². The molecule has 1 aromatic rings. The Kier molecular flexibility index (Phi) is 4.50. The van der Waals surface area contributed by atoms with E-state index in [2.05, 4.69) is 4.74 Å². The van der Waals surface area contributed by atoms with Gasteiger partial charge in [-0.1, -0.05) is 18.0 Å². The molecule has 0 N–H and O–H groups in total. The van der Waals surface area contributed by atoms with E-state index in [1.165, 1.54) is 17.5 Å². The third kappa shape index (κ3) is 2.94. The molecule has 2 heterocycles. The Hall–Kier alpha value is -0.630. The molecule has 2 rings (SSSR count). The molecule has 19 heavy (non-hydrogen) atoms. The van der Waals surface area contributed by atoms with Gasteiger partial charge >= 0.3 is 5.97 Å². The molecule has 1 aromatic heterocycles. The number of thiophene rings is 1. The smallest absolute Gasteiger partial charge is 0.349 e. The third-order valence-corrected chi connectivity index (χ3v) is 6.27. The van der Waals surface area contributed by atoms with Gasteiger partial charge in [0, 0.05) is 13.1 Å². The highest BCUT2D eigenvalue weighted by molar-refractivity contribution is 7.89. The minimum atomic E-state index is -3.67. The van der Waals surface area contributed by atoms with Crippen LogP contribution in [0.25, 0.3) is 0 Å². The van der Waals surface area contributed by atoms with Crippen molar-refractivity contribution < 1.29 is 17.9 Å². The Balaban J connectivity index is 2.42. The van der Waals surface area contributed by atoms with Crippen LogP contribution in [0.4, 0.5) is 0 Å². The van der Waals surface area contributed by atoms with Crippen LogP contribution in [-0.2, 0) is 14.8 Å². The molecule has 0 atom stereocenters. The number of nitrogens with zero attached hydrogens (tertiary/aromatic N) is 1. The third-order valence-electron chi connectivity index (χ3n) is 2.97. The molecule has 1 aliphatic rings. The molecule has 0 saturated carbocycles. The fraction of sp³-hybridized carbons (Fsp3) is 0.545. The Morgan fingerprint density at radius 2 is 2.00 bits per heavy atom. The van der Waals surface area contributed by atoms with Gasteiger partial charge in [-0.25, -0.2) is 13.2 Å². The van der Waals surface area contributed by atoms with Crippen molar-refractivity contribution in [2.45, 2.75) is 24.2 Å². The molecule has 8 heteroatoms. The second-order valence-electron chi connectivity index (χ2n) is 4.20. The van der Waals surface area contributed by atoms with Gasteiger partial charge in [0.2, 0.25) is 10.0 Å². The average Bonchev–Trinajstić information content (AvgIpc) is 2.81. The van der Waals surface area contributed by atoms with E-state index in [1.54, 1.807) is 0 Å². The standard InChI is InChI=1S/C11H14ClNO4S2/c1-17-11(14)10-8(7-9(12)18-10)19(15,16)13-5-3-2-4-6-13/h7H,2-6H2,1H3. The van der Waals surface area contributed by atoms with Gasteiger partial charge in [-0.3, -0.25) is 0 Å². The summed E-state index contributed by atoms with van der Waals surface area (Å²) < 4.78 is 31.3. The van der Waals surface area contributed by atoms with Crippen LogP contribution < -0.4 is 0 Å². The Labute approximate surface area is 121 Å². The quantitative estimate of drug-likeness (QED) is 0.801. The minimum absolute atomic E-state index is 0.0399. The average molecular weight is 324 g/mol. The first-order valence-electron chi connectivity index (χ1n) is 5.84. The summed E-state index contributed by atoms with van der Waals surface area (Å²) in [5.74, 6) is -0.674. The number of sulfonamides is 1. The van der Waals surface area contributed by atoms with E-state index in [0.717, 1.165) is 30.6 Å². The minimum Gasteiger partial charge on any atom is -0.465 e. The maximum absolute atomic E-state index is 12.5. The number of methoxy groups -OCH3 is 1. The fourth-order valence-electron chi connectivity index (χ4n) is 2.02. The Morgan fingerprint density at radius 3 is 2.58 bits per heavy atom. The molecule has 1 fully saturated rings. The summed E-state index contributed by atoms with van der Waals surface area (Å²) >= 11 is 6.76. The van der Waals surface area contributed by atoms with Crippen molar-refractivity contribution in [1.82, 2.24) is 4.31 Å². The van der Waals surface area contributed by atoms with Crippen molar-refractivity contribution in [2.75, 3.05) is 20.2 Å². The first-order valence-corrected chi connectivity index (χ1v) is 8.48. The van der Waals surface area contributed by atoms with Crippen molar-refractivity contribution in [1.29, 1.82) is 0 Å². The van der Waals surface area contributed by atoms with Crippen LogP contribution in [0.1, 0.15) is 28.9 Å². The maximum Gasteiger partial charge on any atom is 0.349 e. The summed E-state index contributed by atoms with van der Waals surface area (Å²) in [7, 11) is -2.45. The second kappa shape index (κ2) is 5.78. The van der Waals surface area contributed by atoms with Gasteiger partial charge in [0.1, 0.15) is 9.77 Å². The molecular formula is C11H14ClNO4S2. The lowest BCUT2D eigenvalue weighted by atomic mass is 10.2. The van der Waals surface area contributed by atoms with Crippen LogP contribution in [-0.4, -0.2) is 38.9 Å². The number of rotatable bonds is 3. The number of hydrogen-bond acceptors (Lipinski definition) is 5. The molecule has 0 aromatic carbocycles. The lowest BCUT2D eigenvalue weighted by Crippen LogP contribution is -2.36. The lowest BCUT2D eigenvalue weighted by molar-refractivity contribution is 0.0602. The molecule has 106 valence electrons. The fourth-order valence-corrected chi connectivity index (χ4v) is 5.24. The zero-order valence-electron chi connectivity index (χ0n) is 10.4. The first kappa shape index (κ1) is 14.8. The highest BCUT2D eigenvalue weighted by atomic mass is 35.5. The second-order valence-corrected chi connectivity index (χ2v) is 7.79. The van der Waals surface area contributed by atoms with E-state index in [-0.39, 0.29) is 14.1 Å². The highest BCUT2D eigenvalue weighted by Gasteiger charge is 2.32. The van der Waals surface area contributed by atoms with Crippen LogP contribution in [0.15, 0.2) is 11.0 Å². The summed E-state index contributed by atoms with van der Waals surface area (Å²) in [4.78, 5) is 11.6. The number of piperidine rings is 1. The predicted octanol–water partition coefficient (Wildman–Crippen LogP) is 2.36. The molecule has 0 amide bonds. The predicted molar refractivity (Wildman–Crippen MR) is 73.3 cm³/mol. The lowest BCUT2D eigenvalue weighted by Gasteiger charge is -2.25. The van der Waals surface area contributed by atoms with Crippen LogP contribution >= 0.6 is 22.9 Å². The number of ether oxygens (including phenoxy) is 1. The van der Waals surface area contributed by atoms with Crippen molar-refractivity contribution in [2.24, 2.45) is 0 Å². The molecule has 5 nitrogen and oxygen atoms in total. The van der Waals surface area contributed by atoms with Gasteiger partial charge in [-0.15, -0.1) is 11.3 Å². The first-order chi connectivity index (χ1) is 8.96. The van der Waals surface area contributed by atoms with Crippen molar-refractivity contribution in [3.05, 3.63) is 15.3 Å². The van der Waals surface area contributed by atoms with Crippen molar-refractivity contribution >= 4 is 38.9 Å². The van der Waals surface area contributed by atoms with Crippen LogP contribution in [0.3, 0.4) is 0 Å².